The molecule has 106 valence electrons. The Labute approximate surface area is 125 Å². The Kier molecular flexibility index (Phi) is 5.24. The summed E-state index contributed by atoms with van der Waals surface area (Å²) in [5.74, 6) is 1.48. The van der Waals surface area contributed by atoms with E-state index in [0.29, 0.717) is 5.75 Å². The number of aliphatic hydroxyl groups is 1. The van der Waals surface area contributed by atoms with Gasteiger partial charge in [0.15, 0.2) is 0 Å². The highest BCUT2D eigenvalue weighted by molar-refractivity contribution is 7.98. The Morgan fingerprint density at radius 1 is 1.10 bits per heavy atom. The SMILES string of the molecule is Cc1cccc(CSCC(O)(CN)c2ccccc2)c1. The molecule has 0 aliphatic rings. The number of hydrogen-bond acceptors (Lipinski definition) is 3. The van der Waals surface area contributed by atoms with Crippen LogP contribution in [0.3, 0.4) is 0 Å². The fourth-order valence-electron chi connectivity index (χ4n) is 2.15. The standard InChI is InChI=1S/C17H21NOS/c1-14-6-5-7-15(10-14)11-20-13-17(19,12-18)16-8-3-2-4-9-16/h2-10,19H,11-13,18H2,1H3. The molecule has 2 rings (SSSR count). The van der Waals surface area contributed by atoms with Crippen molar-refractivity contribution in [2.45, 2.75) is 18.3 Å². The summed E-state index contributed by atoms with van der Waals surface area (Å²) in [6, 6.07) is 18.1. The summed E-state index contributed by atoms with van der Waals surface area (Å²) in [4.78, 5) is 0. The first-order valence-electron chi connectivity index (χ1n) is 6.75. The van der Waals surface area contributed by atoms with E-state index in [2.05, 4.69) is 31.2 Å². The molecule has 0 saturated carbocycles. The fraction of sp³-hybridized carbons (Fsp3) is 0.294. The van der Waals surface area contributed by atoms with Crippen molar-refractivity contribution in [1.29, 1.82) is 0 Å². The lowest BCUT2D eigenvalue weighted by atomic mass is 9.96. The predicted octanol–water partition coefficient (Wildman–Crippen LogP) is 3.07. The summed E-state index contributed by atoms with van der Waals surface area (Å²) in [6.45, 7) is 2.33. The third kappa shape index (κ3) is 3.85. The van der Waals surface area contributed by atoms with E-state index in [1.54, 1.807) is 11.8 Å². The minimum absolute atomic E-state index is 0.234. The molecule has 0 saturated heterocycles. The molecule has 0 aliphatic carbocycles. The van der Waals surface area contributed by atoms with Gasteiger partial charge in [-0.15, -0.1) is 0 Å². The van der Waals surface area contributed by atoms with E-state index in [9.17, 15) is 5.11 Å². The number of hydrogen-bond donors (Lipinski definition) is 2. The van der Waals surface area contributed by atoms with Gasteiger partial charge in [0.2, 0.25) is 0 Å². The molecule has 0 heterocycles. The van der Waals surface area contributed by atoms with E-state index < -0.39 is 5.60 Å². The van der Waals surface area contributed by atoms with E-state index in [1.807, 2.05) is 30.3 Å². The van der Waals surface area contributed by atoms with E-state index in [-0.39, 0.29) is 6.54 Å². The lowest BCUT2D eigenvalue weighted by Crippen LogP contribution is -2.37. The Morgan fingerprint density at radius 2 is 1.85 bits per heavy atom. The first kappa shape index (κ1) is 15.1. The Hall–Kier alpha value is -1.29. The Balaban J connectivity index is 1.98. The summed E-state index contributed by atoms with van der Waals surface area (Å²) >= 11 is 1.71. The zero-order valence-corrected chi connectivity index (χ0v) is 12.6. The number of rotatable bonds is 6. The highest BCUT2D eigenvalue weighted by Crippen LogP contribution is 2.26. The molecule has 0 spiro atoms. The molecule has 3 N–H and O–H groups in total. The van der Waals surface area contributed by atoms with Gasteiger partial charge in [0, 0.05) is 18.1 Å². The molecular weight excluding hydrogens is 266 g/mol. The molecule has 0 amide bonds. The number of thioether (sulfide) groups is 1. The topological polar surface area (TPSA) is 46.2 Å². The van der Waals surface area contributed by atoms with Crippen molar-refractivity contribution in [2.24, 2.45) is 5.73 Å². The Morgan fingerprint density at radius 3 is 2.50 bits per heavy atom. The van der Waals surface area contributed by atoms with Gasteiger partial charge in [0.25, 0.3) is 0 Å². The van der Waals surface area contributed by atoms with Crippen LogP contribution in [0, 0.1) is 6.92 Å². The molecule has 2 aromatic carbocycles. The number of aryl methyl sites for hydroxylation is 1. The van der Waals surface area contributed by atoms with Gasteiger partial charge >= 0.3 is 0 Å². The molecule has 0 fully saturated rings. The zero-order chi connectivity index (χ0) is 14.4. The summed E-state index contributed by atoms with van der Waals surface area (Å²) in [6.07, 6.45) is 0. The van der Waals surface area contributed by atoms with E-state index >= 15 is 0 Å². The van der Waals surface area contributed by atoms with Crippen molar-refractivity contribution in [3.05, 3.63) is 71.3 Å². The van der Waals surface area contributed by atoms with E-state index in [0.717, 1.165) is 11.3 Å². The normalized spacial score (nSPS) is 13.9. The van der Waals surface area contributed by atoms with Crippen LogP contribution >= 0.6 is 11.8 Å². The molecule has 0 bridgehead atoms. The van der Waals surface area contributed by atoms with Crippen LogP contribution in [0.15, 0.2) is 54.6 Å². The van der Waals surface area contributed by atoms with Crippen molar-refractivity contribution in [3.8, 4) is 0 Å². The lowest BCUT2D eigenvalue weighted by molar-refractivity contribution is 0.0721. The summed E-state index contributed by atoms with van der Waals surface area (Å²) < 4.78 is 0. The van der Waals surface area contributed by atoms with Crippen LogP contribution in [-0.2, 0) is 11.4 Å². The predicted molar refractivity (Wildman–Crippen MR) is 86.7 cm³/mol. The third-order valence-corrected chi connectivity index (χ3v) is 4.56. The van der Waals surface area contributed by atoms with Crippen LogP contribution in [0.2, 0.25) is 0 Å². The molecule has 1 unspecified atom stereocenters. The molecule has 0 aromatic heterocycles. The van der Waals surface area contributed by atoms with E-state index in [1.165, 1.54) is 11.1 Å². The molecule has 0 radical (unpaired) electrons. The first-order chi connectivity index (χ1) is 9.64. The molecule has 2 aromatic rings. The average Bonchev–Trinajstić information content (AvgIpc) is 2.48. The smallest absolute Gasteiger partial charge is 0.111 e. The van der Waals surface area contributed by atoms with Gasteiger partial charge in [0.1, 0.15) is 5.60 Å². The van der Waals surface area contributed by atoms with Gasteiger partial charge in [-0.2, -0.15) is 11.8 Å². The van der Waals surface area contributed by atoms with Crippen molar-refractivity contribution >= 4 is 11.8 Å². The second kappa shape index (κ2) is 6.93. The van der Waals surface area contributed by atoms with Crippen LogP contribution in [-0.4, -0.2) is 17.4 Å². The van der Waals surface area contributed by atoms with Crippen molar-refractivity contribution < 1.29 is 5.11 Å². The highest BCUT2D eigenvalue weighted by atomic mass is 32.2. The van der Waals surface area contributed by atoms with Gasteiger partial charge in [-0.1, -0.05) is 60.2 Å². The van der Waals surface area contributed by atoms with Crippen LogP contribution in [0.1, 0.15) is 16.7 Å². The number of nitrogens with two attached hydrogens (primary N) is 1. The number of benzene rings is 2. The zero-order valence-electron chi connectivity index (χ0n) is 11.8. The first-order valence-corrected chi connectivity index (χ1v) is 7.91. The maximum atomic E-state index is 10.7. The molecule has 3 heteroatoms. The second-order valence-electron chi connectivity index (χ2n) is 5.08. The maximum Gasteiger partial charge on any atom is 0.111 e. The van der Waals surface area contributed by atoms with Crippen LogP contribution < -0.4 is 5.73 Å². The second-order valence-corrected chi connectivity index (χ2v) is 6.07. The summed E-state index contributed by atoms with van der Waals surface area (Å²) in [5, 5.41) is 10.7. The Bertz CT molecular complexity index is 544. The van der Waals surface area contributed by atoms with Gasteiger partial charge in [-0.25, -0.2) is 0 Å². The molecule has 2 nitrogen and oxygen atoms in total. The van der Waals surface area contributed by atoms with Crippen molar-refractivity contribution in [1.82, 2.24) is 0 Å². The fourth-order valence-corrected chi connectivity index (χ4v) is 3.29. The third-order valence-electron chi connectivity index (χ3n) is 3.34. The monoisotopic (exact) mass is 287 g/mol. The minimum atomic E-state index is -0.949. The highest BCUT2D eigenvalue weighted by Gasteiger charge is 2.27. The van der Waals surface area contributed by atoms with Crippen molar-refractivity contribution in [3.63, 3.8) is 0 Å². The van der Waals surface area contributed by atoms with Gasteiger partial charge < -0.3 is 10.8 Å². The van der Waals surface area contributed by atoms with Crippen LogP contribution in [0.5, 0.6) is 0 Å². The van der Waals surface area contributed by atoms with Gasteiger partial charge in [-0.05, 0) is 18.1 Å². The largest absolute Gasteiger partial charge is 0.383 e. The minimum Gasteiger partial charge on any atom is -0.383 e. The molecular formula is C17H21NOS. The van der Waals surface area contributed by atoms with Crippen LogP contribution in [0.25, 0.3) is 0 Å². The van der Waals surface area contributed by atoms with E-state index in [4.69, 9.17) is 5.73 Å². The molecule has 1 atom stereocenters. The quantitative estimate of drug-likeness (QED) is 0.858. The van der Waals surface area contributed by atoms with Gasteiger partial charge in [-0.3, -0.25) is 0 Å². The maximum absolute atomic E-state index is 10.7. The molecule has 0 aliphatic heterocycles. The van der Waals surface area contributed by atoms with Gasteiger partial charge in [0.05, 0.1) is 0 Å². The van der Waals surface area contributed by atoms with Crippen molar-refractivity contribution in [2.75, 3.05) is 12.3 Å². The molecule has 20 heavy (non-hydrogen) atoms. The summed E-state index contributed by atoms with van der Waals surface area (Å²) in [7, 11) is 0. The summed E-state index contributed by atoms with van der Waals surface area (Å²) in [5.41, 5.74) is 8.26. The van der Waals surface area contributed by atoms with Crippen LogP contribution in [0.4, 0.5) is 0 Å². The average molecular weight is 287 g/mol. The lowest BCUT2D eigenvalue weighted by Gasteiger charge is -2.26.